The lowest BCUT2D eigenvalue weighted by Gasteiger charge is -2.29. The Labute approximate surface area is 152 Å². The molecule has 1 aliphatic heterocycles. The smallest absolute Gasteiger partial charge is 0.256 e. The highest BCUT2D eigenvalue weighted by atomic mass is 32.2. The fourth-order valence-corrected chi connectivity index (χ4v) is 4.58. The number of rotatable bonds is 3. The highest BCUT2D eigenvalue weighted by Crippen LogP contribution is 2.29. The Balaban J connectivity index is 2.01. The maximum Gasteiger partial charge on any atom is 0.256 e. The van der Waals surface area contributed by atoms with Gasteiger partial charge >= 0.3 is 0 Å². The van der Waals surface area contributed by atoms with Crippen LogP contribution in [0.2, 0.25) is 0 Å². The van der Waals surface area contributed by atoms with E-state index < -0.39 is 26.9 Å². The Hall–Kier alpha value is -2.73. The third kappa shape index (κ3) is 3.32. The minimum atomic E-state index is -3.89. The molecule has 6 heteroatoms. The third-order valence-corrected chi connectivity index (χ3v) is 6.50. The molecule has 26 heavy (non-hydrogen) atoms. The van der Waals surface area contributed by atoms with E-state index in [4.69, 9.17) is 0 Å². The molecule has 1 unspecified atom stereocenters. The Morgan fingerprint density at radius 3 is 2.23 bits per heavy atom. The molecular weight excluding hydrogens is 350 g/mol. The van der Waals surface area contributed by atoms with E-state index in [9.17, 15) is 18.0 Å². The van der Waals surface area contributed by atoms with Crippen LogP contribution >= 0.6 is 0 Å². The number of carbonyl (C=O) groups excluding carboxylic acids is 2. The van der Waals surface area contributed by atoms with Crippen LogP contribution in [0.3, 0.4) is 0 Å². The van der Waals surface area contributed by atoms with Gasteiger partial charge in [0.15, 0.2) is 9.84 Å². The molecule has 0 radical (unpaired) electrons. The number of aryl methyl sites for hydroxylation is 1. The summed E-state index contributed by atoms with van der Waals surface area (Å²) in [5, 5.41) is -1.30. The summed E-state index contributed by atoms with van der Waals surface area (Å²) >= 11 is 0. The number of imide groups is 1. The van der Waals surface area contributed by atoms with E-state index in [1.54, 1.807) is 18.2 Å². The van der Waals surface area contributed by atoms with Crippen molar-refractivity contribution in [2.45, 2.75) is 23.5 Å². The molecule has 1 saturated heterocycles. The molecule has 0 saturated carbocycles. The molecule has 1 heterocycles. The van der Waals surface area contributed by atoms with E-state index in [1.165, 1.54) is 19.2 Å². The van der Waals surface area contributed by atoms with Crippen molar-refractivity contribution >= 4 is 27.7 Å². The van der Waals surface area contributed by atoms with Gasteiger partial charge in [-0.2, -0.15) is 0 Å². The number of likely N-dealkylation sites (N-methyl/N-ethyl adjacent to an activating group) is 1. The van der Waals surface area contributed by atoms with Crippen LogP contribution in [0.5, 0.6) is 0 Å². The Morgan fingerprint density at radius 1 is 1.00 bits per heavy atom. The monoisotopic (exact) mass is 369 g/mol. The van der Waals surface area contributed by atoms with Gasteiger partial charge in [0.2, 0.25) is 5.91 Å². The summed E-state index contributed by atoms with van der Waals surface area (Å²) in [6, 6.07) is 15.5. The topological polar surface area (TPSA) is 71.5 Å². The van der Waals surface area contributed by atoms with Crippen LogP contribution in [-0.2, 0) is 19.4 Å². The molecule has 5 nitrogen and oxygen atoms in total. The summed E-state index contributed by atoms with van der Waals surface area (Å²) < 4.78 is 25.9. The number of carbonyl (C=O) groups is 2. The van der Waals surface area contributed by atoms with E-state index in [1.807, 2.05) is 37.3 Å². The zero-order valence-corrected chi connectivity index (χ0v) is 15.4. The van der Waals surface area contributed by atoms with E-state index in [0.717, 1.165) is 16.0 Å². The number of benzene rings is 2. The van der Waals surface area contributed by atoms with Crippen LogP contribution in [0, 0.1) is 6.92 Å². The van der Waals surface area contributed by atoms with Crippen molar-refractivity contribution in [3.63, 3.8) is 0 Å². The standard InChI is InChI=1S/C20H19NO4S/c1-14-8-10-17(11-9-14)26(24,25)18-13-16(19(22)21(2)20(18)23)12-15-6-4-3-5-7-15/h3-12,18H,13H2,1-2H3/b16-12+. The van der Waals surface area contributed by atoms with Gasteiger partial charge in [-0.3, -0.25) is 14.5 Å². The predicted molar refractivity (Wildman–Crippen MR) is 99.0 cm³/mol. The van der Waals surface area contributed by atoms with Gasteiger partial charge in [0.25, 0.3) is 5.91 Å². The number of amides is 2. The van der Waals surface area contributed by atoms with Gasteiger partial charge in [0, 0.05) is 19.0 Å². The van der Waals surface area contributed by atoms with E-state index in [0.29, 0.717) is 5.57 Å². The molecule has 2 aromatic carbocycles. The number of sulfone groups is 1. The Bertz CT molecular complexity index is 976. The van der Waals surface area contributed by atoms with E-state index >= 15 is 0 Å². The molecular formula is C20H19NO4S. The fraction of sp³-hybridized carbons (Fsp3) is 0.200. The largest absolute Gasteiger partial charge is 0.281 e. The average Bonchev–Trinajstić information content (AvgIpc) is 2.63. The zero-order valence-electron chi connectivity index (χ0n) is 14.5. The Kier molecular flexibility index (Phi) is 4.78. The minimum Gasteiger partial charge on any atom is -0.281 e. The van der Waals surface area contributed by atoms with Gasteiger partial charge in [-0.1, -0.05) is 48.0 Å². The highest BCUT2D eigenvalue weighted by molar-refractivity contribution is 7.92. The SMILES string of the molecule is Cc1ccc(S(=O)(=O)C2C/C(=C\c3ccccc3)C(=O)N(C)C2=O)cc1. The molecule has 0 aromatic heterocycles. The summed E-state index contributed by atoms with van der Waals surface area (Å²) in [5.41, 5.74) is 2.01. The van der Waals surface area contributed by atoms with Crippen molar-refractivity contribution in [3.05, 3.63) is 71.3 Å². The number of hydrogen-bond donors (Lipinski definition) is 0. The van der Waals surface area contributed by atoms with Gasteiger partial charge in [-0.15, -0.1) is 0 Å². The van der Waals surface area contributed by atoms with Crippen molar-refractivity contribution < 1.29 is 18.0 Å². The van der Waals surface area contributed by atoms with Crippen molar-refractivity contribution in [1.82, 2.24) is 4.90 Å². The first-order chi connectivity index (χ1) is 12.3. The normalized spacial score (nSPS) is 19.8. The fourth-order valence-electron chi connectivity index (χ4n) is 2.91. The summed E-state index contributed by atoms with van der Waals surface area (Å²) in [6.07, 6.45) is 1.51. The highest BCUT2D eigenvalue weighted by Gasteiger charge is 2.43. The predicted octanol–water partition coefficient (Wildman–Crippen LogP) is 2.61. The molecule has 1 aliphatic rings. The number of hydrogen-bond acceptors (Lipinski definition) is 4. The van der Waals surface area contributed by atoms with E-state index in [2.05, 4.69) is 0 Å². The van der Waals surface area contributed by atoms with Crippen LogP contribution < -0.4 is 0 Å². The van der Waals surface area contributed by atoms with Crippen molar-refractivity contribution in [3.8, 4) is 0 Å². The van der Waals surface area contributed by atoms with Crippen LogP contribution in [-0.4, -0.2) is 37.4 Å². The first-order valence-corrected chi connectivity index (χ1v) is 9.73. The molecule has 0 spiro atoms. The number of likely N-dealkylation sites (tertiary alicyclic amines) is 1. The van der Waals surface area contributed by atoms with Crippen LogP contribution in [0.15, 0.2) is 65.1 Å². The lowest BCUT2D eigenvalue weighted by Crippen LogP contribution is -2.49. The van der Waals surface area contributed by atoms with Crippen LogP contribution in [0.25, 0.3) is 6.08 Å². The Morgan fingerprint density at radius 2 is 1.62 bits per heavy atom. The van der Waals surface area contributed by atoms with E-state index in [-0.39, 0.29) is 11.3 Å². The lowest BCUT2D eigenvalue weighted by molar-refractivity contribution is -0.142. The molecule has 1 atom stereocenters. The second kappa shape index (κ2) is 6.88. The first-order valence-electron chi connectivity index (χ1n) is 8.19. The number of piperidine rings is 1. The molecule has 1 fully saturated rings. The molecule has 0 N–H and O–H groups in total. The summed E-state index contributed by atoms with van der Waals surface area (Å²) in [5.74, 6) is -1.16. The van der Waals surface area contributed by atoms with Gasteiger partial charge in [-0.25, -0.2) is 8.42 Å². The second-order valence-corrected chi connectivity index (χ2v) is 8.46. The third-order valence-electron chi connectivity index (χ3n) is 4.46. The molecule has 134 valence electrons. The maximum absolute atomic E-state index is 13.0. The van der Waals surface area contributed by atoms with Gasteiger partial charge in [0.1, 0.15) is 5.25 Å². The van der Waals surface area contributed by atoms with Crippen LogP contribution in [0.1, 0.15) is 17.5 Å². The maximum atomic E-state index is 13.0. The summed E-state index contributed by atoms with van der Waals surface area (Å²) in [4.78, 5) is 25.9. The van der Waals surface area contributed by atoms with Crippen LogP contribution in [0.4, 0.5) is 0 Å². The summed E-state index contributed by atoms with van der Waals surface area (Å²) in [7, 11) is -2.57. The van der Waals surface area contributed by atoms with Gasteiger partial charge < -0.3 is 0 Å². The number of nitrogens with zero attached hydrogens (tertiary/aromatic N) is 1. The molecule has 0 aliphatic carbocycles. The van der Waals surface area contributed by atoms with Crippen molar-refractivity contribution in [2.75, 3.05) is 7.05 Å². The van der Waals surface area contributed by atoms with Gasteiger partial charge in [0.05, 0.1) is 4.90 Å². The molecule has 2 amide bonds. The average molecular weight is 369 g/mol. The van der Waals surface area contributed by atoms with Gasteiger partial charge in [-0.05, 0) is 30.7 Å². The lowest BCUT2D eigenvalue weighted by atomic mass is 10.0. The summed E-state index contributed by atoms with van der Waals surface area (Å²) in [6.45, 7) is 1.86. The first kappa shape index (κ1) is 18.1. The molecule has 0 bridgehead atoms. The van der Waals surface area contributed by atoms with Crippen molar-refractivity contribution in [2.24, 2.45) is 0 Å². The van der Waals surface area contributed by atoms with Crippen molar-refractivity contribution in [1.29, 1.82) is 0 Å². The zero-order chi connectivity index (χ0) is 18.9. The molecule has 2 aromatic rings. The quantitative estimate of drug-likeness (QED) is 0.616. The second-order valence-electron chi connectivity index (χ2n) is 6.33. The molecule has 3 rings (SSSR count). The minimum absolute atomic E-state index is 0.0864.